The van der Waals surface area contributed by atoms with Crippen LogP contribution in [-0.2, 0) is 9.53 Å². The molecule has 1 rings (SSSR count). The number of carbonyl (C=O) groups is 1. The molecule has 0 radical (unpaired) electrons. The van der Waals surface area contributed by atoms with Gasteiger partial charge in [-0.05, 0) is 0 Å². The Balaban J connectivity index is 0.000000462. The molecule has 3 N–H and O–H groups in total. The number of aliphatic hydroxyl groups is 3. The molecule has 1 aliphatic carbocycles. The van der Waals surface area contributed by atoms with Crippen LogP contribution in [0.15, 0.2) is 12.7 Å². The third-order valence-electron chi connectivity index (χ3n) is 3.52. The summed E-state index contributed by atoms with van der Waals surface area (Å²) < 4.78 is 4.59. The summed E-state index contributed by atoms with van der Waals surface area (Å²) in [6.45, 7) is 1.58. The predicted molar refractivity (Wildman–Crippen MR) is 103 cm³/mol. The number of esters is 1. The Hall–Kier alpha value is 0.830. The Morgan fingerprint density at radius 3 is 1.32 bits per heavy atom. The minimum atomic E-state index is -1.17. The highest BCUT2D eigenvalue weighted by atomic mass is 35.5. The van der Waals surface area contributed by atoms with E-state index in [4.69, 9.17) is 84.9 Å². The predicted octanol–water partition coefficient (Wildman–Crippen LogP) is 2.32. The number of carbonyl (C=O) groups excluding carboxylic acids is 1. The second-order valence-corrected chi connectivity index (χ2v) is 8.48. The van der Waals surface area contributed by atoms with Crippen LogP contribution in [0.1, 0.15) is 0 Å². The summed E-state index contributed by atoms with van der Waals surface area (Å²) in [5.74, 6) is -0.653. The van der Waals surface area contributed by atoms with Gasteiger partial charge < -0.3 is 20.1 Å². The summed E-state index contributed by atoms with van der Waals surface area (Å²) in [6.07, 6.45) is 0.969. The fourth-order valence-electron chi connectivity index (χ4n) is 1.62. The van der Waals surface area contributed by atoms with E-state index in [2.05, 4.69) is 11.3 Å². The molecule has 0 unspecified atom stereocenters. The van der Waals surface area contributed by atoms with Crippen LogP contribution in [0.2, 0.25) is 0 Å². The molecular weight excluding hydrogens is 461 g/mol. The number of halogens is 6. The fourth-order valence-corrected chi connectivity index (χ4v) is 3.95. The molecule has 11 heteroatoms. The Labute approximate surface area is 176 Å². The molecule has 0 aromatic heterocycles. The molecule has 148 valence electrons. The first-order chi connectivity index (χ1) is 11.6. The number of hydrogen-bond donors (Lipinski definition) is 3. The Bertz CT molecular complexity index is 356. The Kier molecular flexibility index (Phi) is 12.7. The van der Waals surface area contributed by atoms with Gasteiger partial charge in [0.15, 0.2) is 0 Å². The van der Waals surface area contributed by atoms with Crippen molar-refractivity contribution in [3.63, 3.8) is 0 Å². The minimum absolute atomic E-state index is 0.235. The van der Waals surface area contributed by atoms with E-state index in [9.17, 15) is 4.79 Å². The first kappa shape index (κ1) is 25.8. The molecule has 5 nitrogen and oxygen atoms in total. The lowest BCUT2D eigenvalue weighted by molar-refractivity contribution is -0.145. The summed E-state index contributed by atoms with van der Waals surface area (Å²) in [5.41, 5.74) is -1.17. The molecule has 25 heavy (non-hydrogen) atoms. The van der Waals surface area contributed by atoms with Crippen molar-refractivity contribution in [2.75, 3.05) is 26.4 Å². The molecule has 0 amide bonds. The molecule has 1 fully saturated rings. The maximum Gasteiger partial charge on any atom is 0.330 e. The zero-order chi connectivity index (χ0) is 19.8. The highest BCUT2D eigenvalue weighted by Crippen LogP contribution is 2.39. The SMILES string of the molecule is C=CC(=O)OCC(CO)(CO)CO.ClC1C(Cl)C(Cl)C(Cl)C(Cl)C1Cl. The molecule has 0 atom stereocenters. The van der Waals surface area contributed by atoms with Crippen molar-refractivity contribution in [2.24, 2.45) is 5.41 Å². The summed E-state index contributed by atoms with van der Waals surface area (Å²) in [6, 6.07) is 0. The lowest BCUT2D eigenvalue weighted by Crippen LogP contribution is -2.52. The molecule has 0 spiro atoms. The van der Waals surface area contributed by atoms with Crippen molar-refractivity contribution < 1.29 is 24.9 Å². The van der Waals surface area contributed by atoms with Gasteiger partial charge in [-0.15, -0.1) is 69.6 Å². The monoisotopic (exact) mass is 478 g/mol. The van der Waals surface area contributed by atoms with Gasteiger partial charge >= 0.3 is 5.97 Å². The van der Waals surface area contributed by atoms with Crippen LogP contribution in [0.25, 0.3) is 0 Å². The Morgan fingerprint density at radius 1 is 0.840 bits per heavy atom. The van der Waals surface area contributed by atoms with E-state index >= 15 is 0 Å². The van der Waals surface area contributed by atoms with Crippen molar-refractivity contribution >= 4 is 75.6 Å². The quantitative estimate of drug-likeness (QED) is 0.308. The highest BCUT2D eigenvalue weighted by molar-refractivity contribution is 6.45. The van der Waals surface area contributed by atoms with E-state index in [1.807, 2.05) is 0 Å². The van der Waals surface area contributed by atoms with Gasteiger partial charge in [-0.3, -0.25) is 0 Å². The summed E-state index contributed by atoms with van der Waals surface area (Å²) in [4.78, 5) is 10.6. The topological polar surface area (TPSA) is 87.0 Å². The molecule has 1 saturated carbocycles. The number of aliphatic hydroxyl groups excluding tert-OH is 3. The molecular formula is C14H20Cl6O5. The van der Waals surface area contributed by atoms with Crippen molar-refractivity contribution in [3.8, 4) is 0 Å². The van der Waals surface area contributed by atoms with Crippen LogP contribution in [0.4, 0.5) is 0 Å². The van der Waals surface area contributed by atoms with E-state index in [0.29, 0.717) is 0 Å². The molecule has 0 aromatic rings. The zero-order valence-corrected chi connectivity index (χ0v) is 17.5. The average Bonchev–Trinajstić information content (AvgIpc) is 2.65. The second kappa shape index (κ2) is 12.3. The van der Waals surface area contributed by atoms with Gasteiger partial charge in [0.25, 0.3) is 0 Å². The lowest BCUT2D eigenvalue weighted by atomic mass is 9.93. The molecule has 0 bridgehead atoms. The smallest absolute Gasteiger partial charge is 0.330 e. The highest BCUT2D eigenvalue weighted by Gasteiger charge is 2.46. The first-order valence-corrected chi connectivity index (χ1v) is 9.68. The largest absolute Gasteiger partial charge is 0.462 e. The lowest BCUT2D eigenvalue weighted by Gasteiger charge is -2.37. The van der Waals surface area contributed by atoms with E-state index in [-0.39, 0.29) is 6.61 Å². The minimum Gasteiger partial charge on any atom is -0.462 e. The van der Waals surface area contributed by atoms with Crippen molar-refractivity contribution in [3.05, 3.63) is 12.7 Å². The first-order valence-electron chi connectivity index (χ1n) is 7.07. The van der Waals surface area contributed by atoms with E-state index < -0.39 is 63.5 Å². The van der Waals surface area contributed by atoms with Crippen LogP contribution in [0.3, 0.4) is 0 Å². The molecule has 1 aliphatic rings. The number of ether oxygens (including phenoxy) is 1. The summed E-state index contributed by atoms with van der Waals surface area (Å²) >= 11 is 35.3. The van der Waals surface area contributed by atoms with Gasteiger partial charge in [-0.2, -0.15) is 0 Å². The molecule has 0 saturated heterocycles. The van der Waals surface area contributed by atoms with Crippen LogP contribution in [-0.4, -0.2) is 80.0 Å². The van der Waals surface area contributed by atoms with Crippen LogP contribution in [0, 0.1) is 5.41 Å². The average molecular weight is 481 g/mol. The summed E-state index contributed by atoms with van der Waals surface area (Å²) in [5, 5.41) is 23.9. The van der Waals surface area contributed by atoms with E-state index in [1.54, 1.807) is 0 Å². The van der Waals surface area contributed by atoms with Gasteiger partial charge in [0, 0.05) is 6.08 Å². The normalized spacial score (nSPS) is 32.4. The van der Waals surface area contributed by atoms with E-state index in [0.717, 1.165) is 6.08 Å². The van der Waals surface area contributed by atoms with Gasteiger partial charge in [0.2, 0.25) is 0 Å². The van der Waals surface area contributed by atoms with E-state index in [1.165, 1.54) is 0 Å². The van der Waals surface area contributed by atoms with Gasteiger partial charge in [-0.1, -0.05) is 6.58 Å². The third kappa shape index (κ3) is 7.40. The van der Waals surface area contributed by atoms with Gasteiger partial charge in [0.1, 0.15) is 6.61 Å². The molecule has 0 aliphatic heterocycles. The van der Waals surface area contributed by atoms with Crippen molar-refractivity contribution in [1.29, 1.82) is 0 Å². The molecule has 0 aromatic carbocycles. The second-order valence-electron chi connectivity index (χ2n) is 5.45. The zero-order valence-electron chi connectivity index (χ0n) is 13.0. The van der Waals surface area contributed by atoms with Gasteiger partial charge in [-0.25, -0.2) is 4.79 Å². The molecule has 0 heterocycles. The third-order valence-corrected chi connectivity index (χ3v) is 7.55. The fraction of sp³-hybridized carbons (Fsp3) is 0.786. The Morgan fingerprint density at radius 2 is 1.12 bits per heavy atom. The number of alkyl halides is 6. The standard InChI is InChI=1S/C8H14O5.C6H6Cl6/c1-2-7(12)13-6-8(3-9,4-10)5-11;7-1-2(8)4(10)6(12)5(11)3(1)9/h2,9-11H,1,3-6H2;1-6H. The summed E-state index contributed by atoms with van der Waals surface area (Å²) in [7, 11) is 0. The van der Waals surface area contributed by atoms with Crippen molar-refractivity contribution in [2.45, 2.75) is 32.3 Å². The van der Waals surface area contributed by atoms with Crippen LogP contribution < -0.4 is 0 Å². The van der Waals surface area contributed by atoms with Gasteiger partial charge in [0.05, 0.1) is 57.5 Å². The van der Waals surface area contributed by atoms with Crippen LogP contribution in [0.5, 0.6) is 0 Å². The maximum absolute atomic E-state index is 10.6. The van der Waals surface area contributed by atoms with Crippen LogP contribution >= 0.6 is 69.6 Å². The number of hydrogen-bond acceptors (Lipinski definition) is 5. The number of rotatable bonds is 6. The van der Waals surface area contributed by atoms with Crippen molar-refractivity contribution in [1.82, 2.24) is 0 Å². The maximum atomic E-state index is 10.6.